The summed E-state index contributed by atoms with van der Waals surface area (Å²) >= 11 is 5.93. The van der Waals surface area contributed by atoms with Crippen molar-refractivity contribution in [3.05, 3.63) is 52.3 Å². The molecule has 5 nitrogen and oxygen atoms in total. The number of carbonyl (C=O) groups excluding carboxylic acids is 1. The fourth-order valence-corrected chi connectivity index (χ4v) is 2.95. The van der Waals surface area contributed by atoms with Gasteiger partial charge in [0.25, 0.3) is 5.91 Å². The number of aryl methyl sites for hydroxylation is 1. The minimum atomic E-state index is -0.119. The van der Waals surface area contributed by atoms with Gasteiger partial charge >= 0.3 is 0 Å². The van der Waals surface area contributed by atoms with Crippen molar-refractivity contribution in [3.8, 4) is 0 Å². The van der Waals surface area contributed by atoms with Crippen LogP contribution in [-0.2, 0) is 11.2 Å². The molecule has 0 aliphatic carbocycles. The van der Waals surface area contributed by atoms with Crippen LogP contribution in [0.25, 0.3) is 0 Å². The van der Waals surface area contributed by atoms with E-state index in [-0.39, 0.29) is 12.0 Å². The number of nitrogens with one attached hydrogen (secondary N) is 1. The van der Waals surface area contributed by atoms with E-state index in [1.54, 1.807) is 6.20 Å². The van der Waals surface area contributed by atoms with E-state index in [1.165, 1.54) is 0 Å². The van der Waals surface area contributed by atoms with Crippen molar-refractivity contribution in [2.24, 2.45) is 0 Å². The van der Waals surface area contributed by atoms with Gasteiger partial charge in [0.05, 0.1) is 24.9 Å². The summed E-state index contributed by atoms with van der Waals surface area (Å²) in [5, 5.41) is 7.65. The van der Waals surface area contributed by atoms with Gasteiger partial charge in [0.15, 0.2) is 0 Å². The summed E-state index contributed by atoms with van der Waals surface area (Å²) in [5.41, 5.74) is 2.61. The zero-order valence-corrected chi connectivity index (χ0v) is 13.8. The van der Waals surface area contributed by atoms with E-state index < -0.39 is 0 Å². The highest BCUT2D eigenvalue weighted by Crippen LogP contribution is 2.25. The summed E-state index contributed by atoms with van der Waals surface area (Å²) in [5.74, 6) is 0.0180. The van der Waals surface area contributed by atoms with Crippen molar-refractivity contribution in [2.75, 3.05) is 19.7 Å². The van der Waals surface area contributed by atoms with Gasteiger partial charge in [-0.25, -0.2) is 0 Å². The van der Waals surface area contributed by atoms with Gasteiger partial charge in [-0.3, -0.25) is 9.89 Å². The molecule has 122 valence electrons. The summed E-state index contributed by atoms with van der Waals surface area (Å²) in [6, 6.07) is 7.58. The summed E-state index contributed by atoms with van der Waals surface area (Å²) < 4.78 is 5.82. The lowest BCUT2D eigenvalue weighted by molar-refractivity contribution is -0.0228. The molecule has 2 aromatic rings. The Morgan fingerprint density at radius 3 is 2.96 bits per heavy atom. The van der Waals surface area contributed by atoms with Crippen molar-refractivity contribution in [2.45, 2.75) is 25.9 Å². The maximum atomic E-state index is 12.8. The zero-order valence-electron chi connectivity index (χ0n) is 13.1. The Morgan fingerprint density at radius 1 is 1.43 bits per heavy atom. The molecule has 0 radical (unpaired) electrons. The Hall–Kier alpha value is -1.85. The number of aromatic nitrogens is 2. The van der Waals surface area contributed by atoms with Crippen LogP contribution in [0.2, 0.25) is 5.02 Å². The molecular weight excluding hydrogens is 314 g/mol. The number of hydrogen-bond donors (Lipinski definition) is 1. The number of ether oxygens (including phenoxy) is 1. The topological polar surface area (TPSA) is 58.2 Å². The lowest BCUT2D eigenvalue weighted by Gasteiger charge is -2.33. The van der Waals surface area contributed by atoms with Gasteiger partial charge in [-0.15, -0.1) is 0 Å². The number of benzene rings is 1. The fourth-order valence-electron chi connectivity index (χ4n) is 2.82. The molecule has 1 fully saturated rings. The Labute approximate surface area is 140 Å². The fraction of sp³-hybridized carbons (Fsp3) is 0.412. The monoisotopic (exact) mass is 333 g/mol. The highest BCUT2D eigenvalue weighted by Gasteiger charge is 2.27. The predicted molar refractivity (Wildman–Crippen MR) is 88.6 cm³/mol. The Morgan fingerprint density at radius 2 is 2.22 bits per heavy atom. The highest BCUT2D eigenvalue weighted by atomic mass is 35.5. The standard InChI is InChI=1S/C17H20ClN3O2/c1-2-3-15-14(10-19-20-15)17(22)21-8-9-23-16(11-21)12-4-6-13(18)7-5-12/h4-7,10,16H,2-3,8-9,11H2,1H3,(H,19,20). The van der Waals surface area contributed by atoms with Crippen LogP contribution in [0.3, 0.4) is 0 Å². The number of nitrogens with zero attached hydrogens (tertiary/aromatic N) is 2. The number of H-pyrrole nitrogens is 1. The molecule has 1 N–H and O–H groups in total. The first-order valence-corrected chi connectivity index (χ1v) is 8.25. The molecule has 0 spiro atoms. The van der Waals surface area contributed by atoms with Gasteiger partial charge in [-0.2, -0.15) is 5.10 Å². The van der Waals surface area contributed by atoms with Gasteiger partial charge in [0.1, 0.15) is 6.10 Å². The molecule has 1 unspecified atom stereocenters. The van der Waals surface area contributed by atoms with E-state index in [4.69, 9.17) is 16.3 Å². The van der Waals surface area contributed by atoms with Gasteiger partial charge in [-0.05, 0) is 24.1 Å². The van der Waals surface area contributed by atoms with E-state index in [2.05, 4.69) is 17.1 Å². The number of halogens is 1. The van der Waals surface area contributed by atoms with Crippen molar-refractivity contribution >= 4 is 17.5 Å². The number of amides is 1. The lowest BCUT2D eigenvalue weighted by Crippen LogP contribution is -2.42. The summed E-state index contributed by atoms with van der Waals surface area (Å²) in [7, 11) is 0. The van der Waals surface area contributed by atoms with Crippen molar-refractivity contribution < 1.29 is 9.53 Å². The molecule has 23 heavy (non-hydrogen) atoms. The maximum Gasteiger partial charge on any atom is 0.257 e. The van der Waals surface area contributed by atoms with E-state index in [0.29, 0.717) is 30.3 Å². The number of rotatable bonds is 4. The first kappa shape index (κ1) is 16.0. The average Bonchev–Trinajstić information content (AvgIpc) is 3.03. The normalized spacial score (nSPS) is 18.2. The third-order valence-electron chi connectivity index (χ3n) is 4.04. The van der Waals surface area contributed by atoms with Gasteiger partial charge < -0.3 is 9.64 Å². The Balaban J connectivity index is 1.74. The molecule has 1 atom stereocenters. The highest BCUT2D eigenvalue weighted by molar-refractivity contribution is 6.30. The first-order chi connectivity index (χ1) is 11.2. The van der Waals surface area contributed by atoms with Crippen molar-refractivity contribution in [3.63, 3.8) is 0 Å². The van der Waals surface area contributed by atoms with Crippen LogP contribution in [0.4, 0.5) is 0 Å². The second kappa shape index (κ2) is 7.15. The Kier molecular flexibility index (Phi) is 4.98. The third-order valence-corrected chi connectivity index (χ3v) is 4.30. The third kappa shape index (κ3) is 3.57. The lowest BCUT2D eigenvalue weighted by atomic mass is 10.1. The molecule has 1 aliphatic rings. The molecule has 6 heteroatoms. The van der Waals surface area contributed by atoms with Crippen LogP contribution in [0.15, 0.2) is 30.5 Å². The molecule has 1 aromatic heterocycles. The molecule has 2 heterocycles. The largest absolute Gasteiger partial charge is 0.370 e. The van der Waals surface area contributed by atoms with Crippen LogP contribution in [0.1, 0.15) is 41.1 Å². The molecule has 3 rings (SSSR count). The van der Waals surface area contributed by atoms with E-state index in [1.807, 2.05) is 29.2 Å². The quantitative estimate of drug-likeness (QED) is 0.934. The summed E-state index contributed by atoms with van der Waals surface area (Å²) in [6.45, 7) is 3.75. The number of hydrogen-bond acceptors (Lipinski definition) is 3. The van der Waals surface area contributed by atoms with Crippen LogP contribution < -0.4 is 0 Å². The average molecular weight is 334 g/mol. The second-order valence-electron chi connectivity index (χ2n) is 5.67. The van der Waals surface area contributed by atoms with Gasteiger partial charge in [0, 0.05) is 17.3 Å². The molecule has 1 aliphatic heterocycles. The molecule has 0 saturated carbocycles. The first-order valence-electron chi connectivity index (χ1n) is 7.87. The zero-order chi connectivity index (χ0) is 16.2. The molecular formula is C17H20ClN3O2. The van der Waals surface area contributed by atoms with Crippen molar-refractivity contribution in [1.29, 1.82) is 0 Å². The molecule has 0 bridgehead atoms. The Bertz CT molecular complexity index is 669. The van der Waals surface area contributed by atoms with E-state index in [9.17, 15) is 4.79 Å². The predicted octanol–water partition coefficient (Wildman–Crippen LogP) is 3.23. The van der Waals surface area contributed by atoms with Crippen molar-refractivity contribution in [1.82, 2.24) is 15.1 Å². The number of aromatic amines is 1. The van der Waals surface area contributed by atoms with E-state index in [0.717, 1.165) is 24.1 Å². The summed E-state index contributed by atoms with van der Waals surface area (Å²) in [4.78, 5) is 14.6. The second-order valence-corrected chi connectivity index (χ2v) is 6.11. The number of carbonyl (C=O) groups is 1. The SMILES string of the molecule is CCCc1[nH]ncc1C(=O)N1CCOC(c2ccc(Cl)cc2)C1. The minimum Gasteiger partial charge on any atom is -0.370 e. The van der Waals surface area contributed by atoms with Crippen LogP contribution >= 0.6 is 11.6 Å². The molecule has 1 amide bonds. The number of morpholine rings is 1. The molecule has 1 aromatic carbocycles. The van der Waals surface area contributed by atoms with Crippen LogP contribution in [0, 0.1) is 0 Å². The maximum absolute atomic E-state index is 12.8. The molecule has 1 saturated heterocycles. The van der Waals surface area contributed by atoms with Crippen LogP contribution in [-0.4, -0.2) is 40.7 Å². The smallest absolute Gasteiger partial charge is 0.257 e. The van der Waals surface area contributed by atoms with Gasteiger partial charge in [0.2, 0.25) is 0 Å². The van der Waals surface area contributed by atoms with Crippen LogP contribution in [0.5, 0.6) is 0 Å². The summed E-state index contributed by atoms with van der Waals surface area (Å²) in [6.07, 6.45) is 3.30. The minimum absolute atomic E-state index is 0.0180. The van der Waals surface area contributed by atoms with Gasteiger partial charge in [-0.1, -0.05) is 37.1 Å². The van der Waals surface area contributed by atoms with E-state index >= 15 is 0 Å².